The fourth-order valence-corrected chi connectivity index (χ4v) is 1.43. The van der Waals surface area contributed by atoms with E-state index in [1.807, 2.05) is 13.8 Å². The molecule has 0 fully saturated rings. The van der Waals surface area contributed by atoms with E-state index in [0.717, 1.165) is 5.56 Å². The molecule has 0 aromatic heterocycles. The first kappa shape index (κ1) is 14.2. The van der Waals surface area contributed by atoms with E-state index < -0.39 is 0 Å². The highest BCUT2D eigenvalue weighted by Gasteiger charge is 2.08. The van der Waals surface area contributed by atoms with E-state index in [9.17, 15) is 9.59 Å². The first-order valence-electron chi connectivity index (χ1n) is 5.89. The molecule has 18 heavy (non-hydrogen) atoms. The summed E-state index contributed by atoms with van der Waals surface area (Å²) < 4.78 is 0. The Balaban J connectivity index is 2.47. The van der Waals surface area contributed by atoms with Crippen LogP contribution in [-0.4, -0.2) is 24.4 Å². The zero-order valence-electron chi connectivity index (χ0n) is 10.7. The number of amides is 2. The van der Waals surface area contributed by atoms with Crippen LogP contribution in [0.3, 0.4) is 0 Å². The lowest BCUT2D eigenvalue weighted by Crippen LogP contribution is -2.39. The van der Waals surface area contributed by atoms with E-state index in [-0.39, 0.29) is 24.4 Å². The maximum absolute atomic E-state index is 11.7. The molecular weight excluding hydrogens is 230 g/mol. The van der Waals surface area contributed by atoms with Crippen molar-refractivity contribution < 1.29 is 9.59 Å². The predicted octanol–water partition coefficient (Wildman–Crippen LogP) is 0.400. The zero-order valence-corrected chi connectivity index (χ0v) is 10.7. The standard InChI is InChI=1S/C13H19N3O2/c1-9(2)16-12(17)8-15-13(18)11-5-3-10(7-14)4-6-11/h3-6,9H,7-8,14H2,1-2H3,(H,15,18)(H,16,17). The van der Waals surface area contributed by atoms with Gasteiger partial charge in [0.2, 0.25) is 5.91 Å². The van der Waals surface area contributed by atoms with E-state index >= 15 is 0 Å². The van der Waals surface area contributed by atoms with E-state index in [1.165, 1.54) is 0 Å². The van der Waals surface area contributed by atoms with Gasteiger partial charge in [-0.15, -0.1) is 0 Å². The largest absolute Gasteiger partial charge is 0.352 e. The number of carbonyl (C=O) groups is 2. The Morgan fingerprint density at radius 1 is 1.22 bits per heavy atom. The van der Waals surface area contributed by atoms with Gasteiger partial charge in [-0.05, 0) is 31.5 Å². The molecule has 1 rings (SSSR count). The lowest BCUT2D eigenvalue weighted by molar-refractivity contribution is -0.120. The third-order valence-electron chi connectivity index (χ3n) is 2.31. The highest BCUT2D eigenvalue weighted by atomic mass is 16.2. The van der Waals surface area contributed by atoms with Gasteiger partial charge in [0.1, 0.15) is 0 Å². The summed E-state index contributed by atoms with van der Waals surface area (Å²) in [6.45, 7) is 4.16. The molecule has 1 aromatic rings. The molecule has 0 spiro atoms. The lowest BCUT2D eigenvalue weighted by Gasteiger charge is -2.09. The predicted molar refractivity (Wildman–Crippen MR) is 69.9 cm³/mol. The van der Waals surface area contributed by atoms with Crippen molar-refractivity contribution in [3.63, 3.8) is 0 Å². The minimum atomic E-state index is -0.266. The van der Waals surface area contributed by atoms with Crippen LogP contribution in [0, 0.1) is 0 Å². The van der Waals surface area contributed by atoms with Crippen molar-refractivity contribution in [1.82, 2.24) is 10.6 Å². The van der Waals surface area contributed by atoms with Crippen molar-refractivity contribution in [2.75, 3.05) is 6.54 Å². The first-order valence-corrected chi connectivity index (χ1v) is 5.89. The second kappa shape index (κ2) is 6.76. The molecule has 0 aliphatic carbocycles. The number of rotatable bonds is 5. The fraction of sp³-hybridized carbons (Fsp3) is 0.385. The second-order valence-electron chi connectivity index (χ2n) is 4.31. The summed E-state index contributed by atoms with van der Waals surface area (Å²) >= 11 is 0. The summed E-state index contributed by atoms with van der Waals surface area (Å²) in [4.78, 5) is 23.1. The highest BCUT2D eigenvalue weighted by molar-refractivity contribution is 5.96. The van der Waals surface area contributed by atoms with Crippen molar-refractivity contribution in [3.8, 4) is 0 Å². The zero-order chi connectivity index (χ0) is 13.5. The molecule has 0 unspecified atom stereocenters. The maximum Gasteiger partial charge on any atom is 0.251 e. The highest BCUT2D eigenvalue weighted by Crippen LogP contribution is 2.03. The van der Waals surface area contributed by atoms with Crippen LogP contribution >= 0.6 is 0 Å². The Labute approximate surface area is 107 Å². The Hall–Kier alpha value is -1.88. The van der Waals surface area contributed by atoms with Crippen molar-refractivity contribution >= 4 is 11.8 Å². The topological polar surface area (TPSA) is 84.2 Å². The Morgan fingerprint density at radius 3 is 2.33 bits per heavy atom. The van der Waals surface area contributed by atoms with Gasteiger partial charge in [-0.1, -0.05) is 12.1 Å². The molecule has 0 saturated heterocycles. The van der Waals surface area contributed by atoms with Crippen LogP contribution in [-0.2, 0) is 11.3 Å². The molecule has 0 bridgehead atoms. The van der Waals surface area contributed by atoms with Crippen LogP contribution in [0.25, 0.3) is 0 Å². The Bertz CT molecular complexity index is 413. The Morgan fingerprint density at radius 2 is 1.83 bits per heavy atom. The smallest absolute Gasteiger partial charge is 0.251 e. The van der Waals surface area contributed by atoms with Gasteiger partial charge < -0.3 is 16.4 Å². The number of hydrogen-bond donors (Lipinski definition) is 3. The molecule has 98 valence electrons. The number of benzene rings is 1. The van der Waals surface area contributed by atoms with E-state index in [0.29, 0.717) is 12.1 Å². The molecule has 0 atom stereocenters. The van der Waals surface area contributed by atoms with Crippen LogP contribution in [0.2, 0.25) is 0 Å². The number of carbonyl (C=O) groups excluding carboxylic acids is 2. The second-order valence-corrected chi connectivity index (χ2v) is 4.31. The number of nitrogens with two attached hydrogens (primary N) is 1. The SMILES string of the molecule is CC(C)NC(=O)CNC(=O)c1ccc(CN)cc1. The molecular formula is C13H19N3O2. The molecule has 1 aromatic carbocycles. The average molecular weight is 249 g/mol. The summed E-state index contributed by atoms with van der Waals surface area (Å²) in [5, 5.41) is 5.26. The lowest BCUT2D eigenvalue weighted by atomic mass is 10.1. The number of nitrogens with one attached hydrogen (secondary N) is 2. The van der Waals surface area contributed by atoms with Gasteiger partial charge in [-0.25, -0.2) is 0 Å². The van der Waals surface area contributed by atoms with E-state index in [2.05, 4.69) is 10.6 Å². The summed E-state index contributed by atoms with van der Waals surface area (Å²) in [6.07, 6.45) is 0. The molecule has 5 nitrogen and oxygen atoms in total. The van der Waals surface area contributed by atoms with Gasteiger partial charge in [0.05, 0.1) is 6.54 Å². The van der Waals surface area contributed by atoms with Gasteiger partial charge in [0.15, 0.2) is 0 Å². The maximum atomic E-state index is 11.7. The van der Waals surface area contributed by atoms with Gasteiger partial charge in [0.25, 0.3) is 5.91 Å². The summed E-state index contributed by atoms with van der Waals surface area (Å²) in [6, 6.07) is 7.04. The van der Waals surface area contributed by atoms with Crippen LogP contribution in [0.4, 0.5) is 0 Å². The molecule has 0 saturated carbocycles. The minimum Gasteiger partial charge on any atom is -0.352 e. The molecule has 4 N–H and O–H groups in total. The van der Waals surface area contributed by atoms with E-state index in [1.54, 1.807) is 24.3 Å². The van der Waals surface area contributed by atoms with Crippen LogP contribution in [0.5, 0.6) is 0 Å². The summed E-state index contributed by atoms with van der Waals surface area (Å²) in [7, 11) is 0. The van der Waals surface area contributed by atoms with E-state index in [4.69, 9.17) is 5.73 Å². The quantitative estimate of drug-likeness (QED) is 0.706. The van der Waals surface area contributed by atoms with Crippen LogP contribution in [0.1, 0.15) is 29.8 Å². The van der Waals surface area contributed by atoms with Crippen molar-refractivity contribution in [3.05, 3.63) is 35.4 Å². The fourth-order valence-electron chi connectivity index (χ4n) is 1.43. The molecule has 2 amide bonds. The third-order valence-corrected chi connectivity index (χ3v) is 2.31. The Kier molecular flexibility index (Phi) is 5.32. The van der Waals surface area contributed by atoms with Gasteiger partial charge in [-0.2, -0.15) is 0 Å². The molecule has 0 aliphatic heterocycles. The first-order chi connectivity index (χ1) is 8.52. The average Bonchev–Trinajstić information content (AvgIpc) is 2.35. The van der Waals surface area contributed by atoms with Crippen molar-refractivity contribution in [2.45, 2.75) is 26.4 Å². The molecule has 0 radical (unpaired) electrons. The minimum absolute atomic E-state index is 0.0182. The normalized spacial score (nSPS) is 10.2. The summed E-state index contributed by atoms with van der Waals surface area (Å²) in [5.41, 5.74) is 6.95. The van der Waals surface area contributed by atoms with Crippen LogP contribution in [0.15, 0.2) is 24.3 Å². The molecule has 0 aliphatic rings. The van der Waals surface area contributed by atoms with Crippen molar-refractivity contribution in [1.29, 1.82) is 0 Å². The van der Waals surface area contributed by atoms with Crippen molar-refractivity contribution in [2.24, 2.45) is 5.73 Å². The molecule has 0 heterocycles. The number of hydrogen-bond acceptors (Lipinski definition) is 3. The monoisotopic (exact) mass is 249 g/mol. The van der Waals surface area contributed by atoms with Gasteiger partial charge in [0, 0.05) is 18.2 Å². The third kappa shape index (κ3) is 4.55. The van der Waals surface area contributed by atoms with Crippen LogP contribution < -0.4 is 16.4 Å². The van der Waals surface area contributed by atoms with Gasteiger partial charge in [-0.3, -0.25) is 9.59 Å². The van der Waals surface area contributed by atoms with Gasteiger partial charge >= 0.3 is 0 Å². The molecule has 5 heteroatoms. The summed E-state index contributed by atoms with van der Waals surface area (Å²) in [5.74, 6) is -0.464.